The van der Waals surface area contributed by atoms with E-state index in [1.54, 1.807) is 0 Å². The molecule has 0 saturated carbocycles. The van der Waals surface area contributed by atoms with Gasteiger partial charge in [0.05, 0.1) is 0 Å². The van der Waals surface area contributed by atoms with Gasteiger partial charge in [0.15, 0.2) is 0 Å². The molecule has 0 bridgehead atoms. The first-order valence-electron chi connectivity index (χ1n) is 9.98. The van der Waals surface area contributed by atoms with Gasteiger partial charge in [0.1, 0.15) is 0 Å². The molecule has 130 valence electrons. The number of hydrogen-bond acceptors (Lipinski definition) is 0. The molecule has 0 N–H and O–H groups in total. The number of allylic oxidation sites excluding steroid dienone is 3. The van der Waals surface area contributed by atoms with E-state index >= 15 is 0 Å². The van der Waals surface area contributed by atoms with Crippen LogP contribution in [0.4, 0.5) is 0 Å². The lowest BCUT2D eigenvalue weighted by atomic mass is 9.88. The van der Waals surface area contributed by atoms with Crippen LogP contribution in [0.1, 0.15) is 104 Å². The predicted molar refractivity (Wildman–Crippen MR) is 103 cm³/mol. The summed E-state index contributed by atoms with van der Waals surface area (Å²) >= 11 is 0. The molecule has 0 fully saturated rings. The topological polar surface area (TPSA) is 0 Å². The summed E-state index contributed by atoms with van der Waals surface area (Å²) < 4.78 is 0. The molecule has 0 aliphatic rings. The highest BCUT2D eigenvalue weighted by Crippen LogP contribution is 2.21. The molecular weight excluding hydrogens is 264 g/mol. The monoisotopic (exact) mass is 306 g/mol. The summed E-state index contributed by atoms with van der Waals surface area (Å²) in [5.41, 5.74) is 0. The van der Waals surface area contributed by atoms with Crippen molar-refractivity contribution in [3.8, 4) is 0 Å². The predicted octanol–water partition coefficient (Wildman–Crippen LogP) is 8.09. The lowest BCUT2D eigenvalue weighted by Crippen LogP contribution is -2.06. The minimum absolute atomic E-state index is 0.845. The molecule has 0 saturated heterocycles. The Labute approximate surface area is 141 Å². The zero-order valence-corrected chi connectivity index (χ0v) is 15.8. The Morgan fingerprint density at radius 1 is 0.727 bits per heavy atom. The van der Waals surface area contributed by atoms with Crippen molar-refractivity contribution in [3.05, 3.63) is 24.8 Å². The van der Waals surface area contributed by atoms with Gasteiger partial charge in [0.2, 0.25) is 0 Å². The molecule has 0 heteroatoms. The van der Waals surface area contributed by atoms with E-state index in [0.29, 0.717) is 0 Å². The Balaban J connectivity index is 3.40. The van der Waals surface area contributed by atoms with Crippen LogP contribution in [-0.4, -0.2) is 0 Å². The fourth-order valence-electron chi connectivity index (χ4n) is 2.92. The summed E-state index contributed by atoms with van der Waals surface area (Å²) in [5, 5.41) is 0. The zero-order valence-electron chi connectivity index (χ0n) is 15.8. The molecule has 2 atom stereocenters. The van der Waals surface area contributed by atoms with Gasteiger partial charge >= 0.3 is 0 Å². The van der Waals surface area contributed by atoms with E-state index in [9.17, 15) is 0 Å². The van der Waals surface area contributed by atoms with Crippen molar-refractivity contribution < 1.29 is 0 Å². The van der Waals surface area contributed by atoms with E-state index in [1.165, 1.54) is 83.5 Å². The number of rotatable bonds is 16. The van der Waals surface area contributed by atoms with Crippen LogP contribution in [-0.2, 0) is 0 Å². The van der Waals surface area contributed by atoms with Gasteiger partial charge < -0.3 is 0 Å². The average molecular weight is 307 g/mol. The van der Waals surface area contributed by atoms with Gasteiger partial charge in [0.25, 0.3) is 0 Å². The van der Waals surface area contributed by atoms with Crippen LogP contribution in [0.5, 0.6) is 0 Å². The third-order valence-electron chi connectivity index (χ3n) is 4.94. The molecule has 0 nitrogen and oxygen atoms in total. The molecule has 0 radical (unpaired) electrons. The molecule has 0 aromatic rings. The smallest absolute Gasteiger partial charge is 0.0322 e. The van der Waals surface area contributed by atoms with Gasteiger partial charge in [-0.25, -0.2) is 0 Å². The van der Waals surface area contributed by atoms with Gasteiger partial charge in [-0.2, -0.15) is 0 Å². The van der Waals surface area contributed by atoms with E-state index in [4.69, 9.17) is 0 Å². The Morgan fingerprint density at radius 3 is 2.00 bits per heavy atom. The van der Waals surface area contributed by atoms with Gasteiger partial charge in [-0.1, -0.05) is 90.4 Å². The van der Waals surface area contributed by atoms with E-state index in [0.717, 1.165) is 11.8 Å². The fourth-order valence-corrected chi connectivity index (χ4v) is 2.92. The van der Waals surface area contributed by atoms with Crippen LogP contribution >= 0.6 is 0 Å². The molecular formula is C22H42. The minimum Gasteiger partial charge on any atom is -0.103 e. The first-order valence-corrected chi connectivity index (χ1v) is 9.98. The Kier molecular flexibility index (Phi) is 16.4. The summed E-state index contributed by atoms with van der Waals surface area (Å²) in [4.78, 5) is 0. The third kappa shape index (κ3) is 14.4. The molecule has 0 spiro atoms. The van der Waals surface area contributed by atoms with Gasteiger partial charge in [0, 0.05) is 0 Å². The first-order chi connectivity index (χ1) is 10.7. The summed E-state index contributed by atoms with van der Waals surface area (Å²) in [6, 6.07) is 0. The van der Waals surface area contributed by atoms with Crippen LogP contribution in [0.3, 0.4) is 0 Å². The van der Waals surface area contributed by atoms with Crippen molar-refractivity contribution in [2.45, 2.75) is 104 Å². The largest absolute Gasteiger partial charge is 0.103 e. The molecule has 0 aliphatic carbocycles. The maximum Gasteiger partial charge on any atom is -0.0322 e. The minimum atomic E-state index is 0.845. The van der Waals surface area contributed by atoms with Crippen molar-refractivity contribution in [2.75, 3.05) is 0 Å². The van der Waals surface area contributed by atoms with E-state index in [-0.39, 0.29) is 0 Å². The second kappa shape index (κ2) is 16.8. The first kappa shape index (κ1) is 21.5. The van der Waals surface area contributed by atoms with Crippen LogP contribution in [0.15, 0.2) is 24.8 Å². The van der Waals surface area contributed by atoms with Crippen LogP contribution < -0.4 is 0 Å². The Morgan fingerprint density at radius 2 is 1.36 bits per heavy atom. The maximum atomic E-state index is 3.77. The molecule has 0 heterocycles. The quantitative estimate of drug-likeness (QED) is 0.200. The van der Waals surface area contributed by atoms with E-state index in [1.807, 2.05) is 6.08 Å². The Hall–Kier alpha value is -0.520. The normalized spacial score (nSPS) is 14.3. The van der Waals surface area contributed by atoms with Crippen LogP contribution in [0.25, 0.3) is 0 Å². The molecule has 0 aromatic heterocycles. The zero-order chi connectivity index (χ0) is 16.5. The summed E-state index contributed by atoms with van der Waals surface area (Å²) in [5.74, 6) is 1.73. The molecule has 0 amide bonds. The molecule has 22 heavy (non-hydrogen) atoms. The van der Waals surface area contributed by atoms with Crippen molar-refractivity contribution in [2.24, 2.45) is 11.8 Å². The third-order valence-corrected chi connectivity index (χ3v) is 4.94. The van der Waals surface area contributed by atoms with E-state index in [2.05, 4.69) is 39.5 Å². The second-order valence-corrected chi connectivity index (χ2v) is 7.14. The van der Waals surface area contributed by atoms with Gasteiger partial charge in [-0.05, 0) is 43.9 Å². The number of hydrogen-bond donors (Lipinski definition) is 0. The summed E-state index contributed by atoms with van der Waals surface area (Å²) in [6.45, 7) is 10.9. The summed E-state index contributed by atoms with van der Waals surface area (Å²) in [6.07, 6.45) is 24.5. The van der Waals surface area contributed by atoms with Gasteiger partial charge in [-0.15, -0.1) is 6.58 Å². The molecule has 0 aliphatic heterocycles. The van der Waals surface area contributed by atoms with Crippen molar-refractivity contribution in [1.29, 1.82) is 0 Å². The standard InChI is InChI=1S/C22H42/c1-5-7-9-10-11-12-13-14-15-16-18-20-22(4)21(3)19-17-8-6-2/h5,16,18,21-22H,1,6-15,17,19-20H2,2-4H3. The maximum absolute atomic E-state index is 3.77. The van der Waals surface area contributed by atoms with Crippen molar-refractivity contribution in [1.82, 2.24) is 0 Å². The van der Waals surface area contributed by atoms with Crippen LogP contribution in [0.2, 0.25) is 0 Å². The Bertz CT molecular complexity index is 251. The van der Waals surface area contributed by atoms with E-state index < -0.39 is 0 Å². The van der Waals surface area contributed by atoms with Crippen molar-refractivity contribution >= 4 is 0 Å². The lowest BCUT2D eigenvalue weighted by molar-refractivity contribution is 0.355. The molecule has 0 rings (SSSR count). The second-order valence-electron chi connectivity index (χ2n) is 7.14. The fraction of sp³-hybridized carbons (Fsp3) is 0.818. The molecule has 0 aromatic carbocycles. The highest BCUT2D eigenvalue weighted by molar-refractivity contribution is 4.84. The average Bonchev–Trinajstić information content (AvgIpc) is 2.52. The highest BCUT2D eigenvalue weighted by atomic mass is 14.1. The lowest BCUT2D eigenvalue weighted by Gasteiger charge is -2.18. The SMILES string of the molecule is C=CCCCCCCCCC=CCC(C)C(C)CCCCC. The van der Waals surface area contributed by atoms with Crippen LogP contribution in [0, 0.1) is 11.8 Å². The van der Waals surface area contributed by atoms with Crippen molar-refractivity contribution in [3.63, 3.8) is 0 Å². The molecule has 2 unspecified atom stereocenters. The summed E-state index contributed by atoms with van der Waals surface area (Å²) in [7, 11) is 0. The number of unbranched alkanes of at least 4 members (excludes halogenated alkanes) is 9. The van der Waals surface area contributed by atoms with Gasteiger partial charge in [-0.3, -0.25) is 0 Å². The highest BCUT2D eigenvalue weighted by Gasteiger charge is 2.09.